The number of hydrogen-bond acceptors (Lipinski definition) is 0. The van der Waals surface area contributed by atoms with Gasteiger partial charge in [0, 0.05) is 27.6 Å². The average molecular weight is 407 g/mol. The van der Waals surface area contributed by atoms with Crippen molar-refractivity contribution in [3.8, 4) is 0 Å². The van der Waals surface area contributed by atoms with Gasteiger partial charge in [-0.1, -0.05) is 103 Å². The van der Waals surface area contributed by atoms with Crippen molar-refractivity contribution in [3.05, 3.63) is 162 Å². The molecule has 1 heteroatoms. The quantitative estimate of drug-likeness (QED) is 0.237. The molecule has 0 spiro atoms. The van der Waals surface area contributed by atoms with Crippen LogP contribution in [0.3, 0.4) is 0 Å². The van der Waals surface area contributed by atoms with E-state index in [1.165, 1.54) is 28.2 Å². The Bertz CT molecular complexity index is 829. The maximum atomic E-state index is 2.32. The molecule has 0 N–H and O–H groups in total. The van der Waals surface area contributed by atoms with Crippen LogP contribution in [0.25, 0.3) is 0 Å². The van der Waals surface area contributed by atoms with E-state index in [0.717, 1.165) is 0 Å². The van der Waals surface area contributed by atoms with Gasteiger partial charge in [0.1, 0.15) is 0 Å². The Labute approximate surface area is 188 Å². The maximum Gasteiger partial charge on any atom is 0.00533 e. The smallest absolute Gasteiger partial charge is 0.00533 e. The zero-order chi connectivity index (χ0) is 19.0. The van der Waals surface area contributed by atoms with Gasteiger partial charge in [0.05, 0.1) is 0 Å². The van der Waals surface area contributed by atoms with E-state index in [-0.39, 0.29) is 27.6 Å². The second-order valence-corrected chi connectivity index (χ2v) is 6.80. The van der Waals surface area contributed by atoms with E-state index >= 15 is 0 Å². The minimum absolute atomic E-state index is 0. The molecule has 0 aliphatic heterocycles. The maximum absolute atomic E-state index is 2.32. The zero-order valence-corrected chi connectivity index (χ0v) is 17.8. The molecule has 0 fully saturated rings. The molecule has 0 aromatic heterocycles. The summed E-state index contributed by atoms with van der Waals surface area (Å²) in [5, 5.41) is 0. The molecule has 4 aromatic rings. The van der Waals surface area contributed by atoms with Crippen molar-refractivity contribution in [2.75, 3.05) is 0 Å². The van der Waals surface area contributed by atoms with Gasteiger partial charge in [0.2, 0.25) is 0 Å². The molecule has 29 heavy (non-hydrogen) atoms. The van der Waals surface area contributed by atoms with Crippen molar-refractivity contribution >= 4 is 0 Å². The summed E-state index contributed by atoms with van der Waals surface area (Å²) in [5.41, 5.74) is 5.05. The van der Waals surface area contributed by atoms with Crippen molar-refractivity contribution in [1.29, 1.82) is 0 Å². The first-order valence-corrected chi connectivity index (χ1v) is 9.68. The van der Waals surface area contributed by atoms with Crippen molar-refractivity contribution in [1.82, 2.24) is 0 Å². The molecule has 4 aromatic carbocycles. The fraction of sp³-hybridized carbons (Fsp3) is 0.0357. The summed E-state index contributed by atoms with van der Waals surface area (Å²) in [7, 11) is 0. The Morgan fingerprint density at radius 3 is 1.21 bits per heavy atom. The number of rotatable bonds is 6. The monoisotopic (exact) mass is 407 g/mol. The molecule has 0 saturated carbocycles. The first kappa shape index (κ1) is 20.9. The molecule has 4 rings (SSSR count). The number of hydrogen-bond donors (Lipinski definition) is 0. The van der Waals surface area contributed by atoms with E-state index in [4.69, 9.17) is 0 Å². The molecule has 0 aliphatic rings. The Morgan fingerprint density at radius 2 is 0.828 bits per heavy atom. The van der Waals surface area contributed by atoms with Crippen LogP contribution in [-0.2, 0) is 21.7 Å². The van der Waals surface area contributed by atoms with Gasteiger partial charge in [-0.25, -0.2) is 0 Å². The van der Waals surface area contributed by atoms with Crippen LogP contribution in [0.4, 0.5) is 0 Å². The van der Waals surface area contributed by atoms with Crippen molar-refractivity contribution < 1.29 is 21.7 Å². The molecular weight excluding hydrogens is 384 g/mol. The van der Waals surface area contributed by atoms with Gasteiger partial charge in [-0.05, 0) is 11.1 Å². The van der Waals surface area contributed by atoms with Crippen LogP contribution in [0.2, 0.25) is 0 Å². The molecule has 0 amide bonds. The van der Waals surface area contributed by atoms with E-state index in [1.54, 1.807) is 0 Å². The molecule has 0 saturated heterocycles. The van der Waals surface area contributed by atoms with Crippen LogP contribution in [0.1, 0.15) is 28.2 Å². The third-order valence-corrected chi connectivity index (χ3v) is 4.94. The fourth-order valence-electron chi connectivity index (χ4n) is 3.52. The minimum Gasteiger partial charge on any atom is -0.118 e. The van der Waals surface area contributed by atoms with Crippen LogP contribution in [-0.4, -0.2) is 0 Å². The second-order valence-electron chi connectivity index (χ2n) is 6.80. The van der Waals surface area contributed by atoms with E-state index in [2.05, 4.69) is 133 Å². The molecule has 0 aliphatic carbocycles. The molecule has 0 unspecified atom stereocenters. The summed E-state index contributed by atoms with van der Waals surface area (Å²) in [6.45, 7) is 0. The van der Waals surface area contributed by atoms with Gasteiger partial charge in [-0.2, -0.15) is 0 Å². The first-order valence-electron chi connectivity index (χ1n) is 9.68. The van der Waals surface area contributed by atoms with Crippen LogP contribution in [0, 0.1) is 5.92 Å². The van der Waals surface area contributed by atoms with E-state index in [0.29, 0.717) is 0 Å². The van der Waals surface area contributed by atoms with Crippen LogP contribution < -0.4 is 0 Å². The van der Waals surface area contributed by atoms with Gasteiger partial charge < -0.3 is 0 Å². The molecule has 0 atom stereocenters. The molecule has 0 radical (unpaired) electrons. The Balaban J connectivity index is 0.00000240. The molecule has 0 heterocycles. The molecule has 140 valence electrons. The molecule has 0 bridgehead atoms. The second kappa shape index (κ2) is 10.7. The topological polar surface area (TPSA) is 0 Å². The summed E-state index contributed by atoms with van der Waals surface area (Å²) in [6.07, 6.45) is 4.59. The summed E-state index contributed by atoms with van der Waals surface area (Å²) < 4.78 is 0. The summed E-state index contributed by atoms with van der Waals surface area (Å²) in [4.78, 5) is 0. The zero-order valence-electron chi connectivity index (χ0n) is 16.3. The van der Waals surface area contributed by atoms with Gasteiger partial charge in [0.15, 0.2) is 0 Å². The van der Waals surface area contributed by atoms with Crippen molar-refractivity contribution in [2.24, 2.45) is 0 Å². The Morgan fingerprint density at radius 1 is 0.483 bits per heavy atom. The predicted molar refractivity (Wildman–Crippen MR) is 118 cm³/mol. The molecule has 0 nitrogen and oxygen atoms in total. The normalized spacial score (nSPS) is 10.7. The Hall–Kier alpha value is -2.80. The van der Waals surface area contributed by atoms with Gasteiger partial charge in [-0.3, -0.25) is 0 Å². The van der Waals surface area contributed by atoms with Crippen molar-refractivity contribution in [2.45, 2.75) is 5.92 Å². The Kier molecular flexibility index (Phi) is 7.70. The average Bonchev–Trinajstić information content (AvgIpc) is 2.79. The third-order valence-electron chi connectivity index (χ3n) is 4.94. The minimum atomic E-state index is 0. The first-order chi connectivity index (χ1) is 13.9. The molecular formula is C28H23Ti-. The summed E-state index contributed by atoms with van der Waals surface area (Å²) in [5.74, 6) is 1.45. The summed E-state index contributed by atoms with van der Waals surface area (Å²) >= 11 is 0. The largest absolute Gasteiger partial charge is 0.118 e. The van der Waals surface area contributed by atoms with Gasteiger partial charge in [-0.15, -0.1) is 47.5 Å². The van der Waals surface area contributed by atoms with E-state index < -0.39 is 0 Å². The third kappa shape index (κ3) is 5.38. The van der Waals surface area contributed by atoms with Crippen LogP contribution in [0.5, 0.6) is 0 Å². The number of allylic oxidation sites excluding steroid dienone is 2. The fourth-order valence-corrected chi connectivity index (χ4v) is 3.52. The van der Waals surface area contributed by atoms with Gasteiger partial charge in [0.25, 0.3) is 0 Å². The van der Waals surface area contributed by atoms with E-state index in [1.807, 2.05) is 0 Å². The number of benzene rings is 4. The van der Waals surface area contributed by atoms with E-state index in [9.17, 15) is 0 Å². The van der Waals surface area contributed by atoms with Crippen LogP contribution in [0.15, 0.2) is 133 Å². The SMILES string of the molecule is C(=C\C(c1ccccc1)c1ccccc1)/[C-](c1ccccc1)c1ccccc1.[Ti]. The summed E-state index contributed by atoms with van der Waals surface area (Å²) in [6, 6.07) is 42.6. The van der Waals surface area contributed by atoms with Crippen molar-refractivity contribution in [3.63, 3.8) is 0 Å². The predicted octanol–water partition coefficient (Wildman–Crippen LogP) is 7.04. The van der Waals surface area contributed by atoms with Crippen LogP contribution >= 0.6 is 0 Å². The van der Waals surface area contributed by atoms with Gasteiger partial charge >= 0.3 is 0 Å². The standard InChI is InChI=1S/C28H23.Ti/c1-5-13-23(14-6-1)27(24-15-7-2-8-16-24)21-22-28(25-17-9-3-10-18-25)26-19-11-4-12-20-26;/h1-22,27H;/q-1;/b22-21+;.